The SMILES string of the molecule is CCSc1cccc(C(F)(F)F)c1S(=O)(=O)OCO[PH2]=O. The molecule has 0 radical (unpaired) electrons. The minimum Gasteiger partial charge on any atom is -0.304 e. The summed E-state index contributed by atoms with van der Waals surface area (Å²) in [6.45, 7) is 0.773. The largest absolute Gasteiger partial charge is 0.417 e. The Hall–Kier alpha value is -0.540. The van der Waals surface area contributed by atoms with Gasteiger partial charge in [-0.15, -0.1) is 11.8 Å². The zero-order chi connectivity index (χ0) is 16.1. The number of thioether (sulfide) groups is 1. The lowest BCUT2D eigenvalue weighted by Crippen LogP contribution is -2.17. The Balaban J connectivity index is 3.38. The monoisotopic (exact) mass is 364 g/mol. The molecule has 1 aromatic rings. The van der Waals surface area contributed by atoms with Gasteiger partial charge in [0.1, 0.15) is 4.90 Å². The third-order valence-electron chi connectivity index (χ3n) is 2.17. The lowest BCUT2D eigenvalue weighted by atomic mass is 10.2. The summed E-state index contributed by atoms with van der Waals surface area (Å²) in [7, 11) is -6.41. The number of alkyl halides is 3. The highest BCUT2D eigenvalue weighted by molar-refractivity contribution is 8.00. The Labute approximate surface area is 125 Å². The molecule has 0 N–H and O–H groups in total. The summed E-state index contributed by atoms with van der Waals surface area (Å²) in [6, 6.07) is 3.05. The number of hydrogen-bond acceptors (Lipinski definition) is 6. The fourth-order valence-electron chi connectivity index (χ4n) is 1.44. The molecule has 0 fully saturated rings. The van der Waals surface area contributed by atoms with Gasteiger partial charge in [-0.25, -0.2) is 4.18 Å². The highest BCUT2D eigenvalue weighted by atomic mass is 32.2. The van der Waals surface area contributed by atoms with Crippen molar-refractivity contribution in [3.63, 3.8) is 0 Å². The van der Waals surface area contributed by atoms with Gasteiger partial charge in [0.25, 0.3) is 0 Å². The molecule has 0 aliphatic rings. The van der Waals surface area contributed by atoms with E-state index >= 15 is 0 Å². The normalized spacial score (nSPS) is 13.1. The minimum absolute atomic E-state index is 0.0678. The van der Waals surface area contributed by atoms with Gasteiger partial charge in [0.05, 0.1) is 5.56 Å². The summed E-state index contributed by atoms with van der Waals surface area (Å²) >= 11 is 0.942. The molecule has 1 unspecified atom stereocenters. The van der Waals surface area contributed by atoms with Crippen LogP contribution in [0.5, 0.6) is 0 Å². The zero-order valence-corrected chi connectivity index (χ0v) is 13.5. The Kier molecular flexibility index (Phi) is 6.73. The molecule has 0 heterocycles. The van der Waals surface area contributed by atoms with Crippen molar-refractivity contribution in [1.29, 1.82) is 0 Å². The van der Waals surface area contributed by atoms with Crippen LogP contribution in [-0.2, 0) is 29.6 Å². The van der Waals surface area contributed by atoms with E-state index in [4.69, 9.17) is 0 Å². The van der Waals surface area contributed by atoms with E-state index in [9.17, 15) is 26.2 Å². The van der Waals surface area contributed by atoms with Crippen molar-refractivity contribution in [1.82, 2.24) is 0 Å². The Morgan fingerprint density at radius 1 is 1.33 bits per heavy atom. The van der Waals surface area contributed by atoms with Gasteiger partial charge in [0.15, 0.2) is 15.5 Å². The molecular weight excluding hydrogens is 352 g/mol. The second kappa shape index (κ2) is 7.64. The van der Waals surface area contributed by atoms with Crippen LogP contribution in [0.25, 0.3) is 0 Å². The Morgan fingerprint density at radius 3 is 2.52 bits per heavy atom. The van der Waals surface area contributed by atoms with Crippen LogP contribution in [0.2, 0.25) is 0 Å². The van der Waals surface area contributed by atoms with Gasteiger partial charge in [0.2, 0.25) is 0 Å². The molecule has 0 aliphatic carbocycles. The first-order valence-corrected chi connectivity index (χ1v) is 8.85. The van der Waals surface area contributed by atoms with Crippen molar-refractivity contribution < 1.29 is 34.9 Å². The second-order valence-electron chi connectivity index (χ2n) is 3.52. The Morgan fingerprint density at radius 2 is 2.00 bits per heavy atom. The highest BCUT2D eigenvalue weighted by Gasteiger charge is 2.39. The Bertz CT molecular complexity index is 603. The maximum absolute atomic E-state index is 13.0. The minimum atomic E-state index is -4.85. The average Bonchev–Trinajstić information content (AvgIpc) is 2.38. The van der Waals surface area contributed by atoms with Crippen LogP contribution in [0.15, 0.2) is 28.0 Å². The van der Waals surface area contributed by atoms with Gasteiger partial charge in [0, 0.05) is 4.90 Å². The molecule has 0 saturated heterocycles. The van der Waals surface area contributed by atoms with E-state index in [1.807, 2.05) is 0 Å². The van der Waals surface area contributed by atoms with Crippen molar-refractivity contribution in [3.05, 3.63) is 23.8 Å². The van der Waals surface area contributed by atoms with Crippen LogP contribution in [0.1, 0.15) is 12.5 Å². The molecule has 0 amide bonds. The van der Waals surface area contributed by atoms with Gasteiger partial charge < -0.3 is 4.52 Å². The topological polar surface area (TPSA) is 69.7 Å². The fraction of sp³-hybridized carbons (Fsp3) is 0.400. The predicted molar refractivity (Wildman–Crippen MR) is 72.5 cm³/mol. The van der Waals surface area contributed by atoms with Crippen molar-refractivity contribution in [2.45, 2.75) is 22.9 Å². The van der Waals surface area contributed by atoms with Crippen molar-refractivity contribution in [2.75, 3.05) is 12.5 Å². The molecule has 1 atom stereocenters. The van der Waals surface area contributed by atoms with E-state index in [0.717, 1.165) is 17.8 Å². The quantitative estimate of drug-likeness (QED) is 0.243. The molecular formula is C10H12F3O5PS2. The third-order valence-corrected chi connectivity index (χ3v) is 4.86. The summed E-state index contributed by atoms with van der Waals surface area (Å²) < 4.78 is 81.6. The number of rotatable bonds is 7. The first-order valence-electron chi connectivity index (χ1n) is 5.51. The molecule has 0 bridgehead atoms. The molecule has 0 aliphatic heterocycles. The predicted octanol–water partition coefficient (Wildman–Crippen LogP) is 3.17. The lowest BCUT2D eigenvalue weighted by molar-refractivity contribution is -0.140. The van der Waals surface area contributed by atoms with Crippen molar-refractivity contribution in [2.24, 2.45) is 0 Å². The summed E-state index contributed by atoms with van der Waals surface area (Å²) in [5, 5.41) is 0. The van der Waals surface area contributed by atoms with E-state index < -0.39 is 42.2 Å². The first-order chi connectivity index (χ1) is 9.74. The van der Waals surface area contributed by atoms with E-state index in [1.54, 1.807) is 6.92 Å². The van der Waals surface area contributed by atoms with Crippen LogP contribution in [0, 0.1) is 0 Å². The molecule has 120 valence electrons. The van der Waals surface area contributed by atoms with E-state index in [2.05, 4.69) is 8.71 Å². The number of benzene rings is 1. The smallest absolute Gasteiger partial charge is 0.304 e. The maximum atomic E-state index is 13.0. The first kappa shape index (κ1) is 18.5. The van der Waals surface area contributed by atoms with Crippen LogP contribution >= 0.6 is 20.4 Å². The van der Waals surface area contributed by atoms with E-state index in [-0.39, 0.29) is 4.90 Å². The van der Waals surface area contributed by atoms with Crippen LogP contribution in [0.3, 0.4) is 0 Å². The highest BCUT2D eigenvalue weighted by Crippen LogP contribution is 2.39. The van der Waals surface area contributed by atoms with Gasteiger partial charge in [-0.3, -0.25) is 4.57 Å². The fourth-order valence-corrected chi connectivity index (χ4v) is 3.94. The average molecular weight is 364 g/mol. The van der Waals surface area contributed by atoms with Crippen LogP contribution in [-0.4, -0.2) is 21.0 Å². The van der Waals surface area contributed by atoms with Crippen LogP contribution in [0.4, 0.5) is 13.2 Å². The molecule has 0 saturated carbocycles. The summed E-state index contributed by atoms with van der Waals surface area (Å²) in [6.07, 6.45) is -4.85. The van der Waals surface area contributed by atoms with Crippen LogP contribution < -0.4 is 0 Å². The summed E-state index contributed by atoms with van der Waals surface area (Å²) in [4.78, 5) is -1.02. The van der Waals surface area contributed by atoms with Crippen molar-refractivity contribution in [3.8, 4) is 0 Å². The van der Waals surface area contributed by atoms with E-state index in [1.165, 1.54) is 6.07 Å². The van der Waals surface area contributed by atoms with Crippen molar-refractivity contribution >= 4 is 30.6 Å². The molecule has 5 nitrogen and oxygen atoms in total. The van der Waals surface area contributed by atoms with Gasteiger partial charge in [-0.2, -0.15) is 21.6 Å². The van der Waals surface area contributed by atoms with Gasteiger partial charge in [-0.05, 0) is 17.9 Å². The standard InChI is InChI=1S/C10H12F3O5PS2/c1-2-20-8-5-3-4-7(10(11,12)13)9(8)21(15,16)18-6-17-19-14/h3-5H,2,6,19H2,1H3. The number of halogens is 3. The molecule has 11 heteroatoms. The molecule has 1 rings (SSSR count). The molecule has 0 spiro atoms. The second-order valence-corrected chi connectivity index (χ2v) is 6.90. The lowest BCUT2D eigenvalue weighted by Gasteiger charge is -2.16. The molecule has 1 aromatic carbocycles. The molecule has 21 heavy (non-hydrogen) atoms. The zero-order valence-electron chi connectivity index (χ0n) is 10.7. The number of hydrogen-bond donors (Lipinski definition) is 0. The summed E-state index contributed by atoms with van der Waals surface area (Å²) in [5.41, 5.74) is -1.31. The van der Waals surface area contributed by atoms with Gasteiger partial charge >= 0.3 is 16.3 Å². The summed E-state index contributed by atoms with van der Waals surface area (Å²) in [5.74, 6) is 0.380. The van der Waals surface area contributed by atoms with Gasteiger partial charge in [-0.1, -0.05) is 13.0 Å². The maximum Gasteiger partial charge on any atom is 0.417 e. The molecule has 0 aromatic heterocycles. The van der Waals surface area contributed by atoms with E-state index in [0.29, 0.717) is 11.8 Å². The third kappa shape index (κ3) is 5.00.